The molecule has 2 N–H and O–H groups in total. The van der Waals surface area contributed by atoms with Gasteiger partial charge in [0.1, 0.15) is 0 Å². The van der Waals surface area contributed by atoms with Crippen LogP contribution in [-0.4, -0.2) is 36.0 Å². The van der Waals surface area contributed by atoms with Crippen molar-refractivity contribution in [2.24, 2.45) is 5.92 Å². The van der Waals surface area contributed by atoms with Crippen LogP contribution in [0.25, 0.3) is 0 Å². The van der Waals surface area contributed by atoms with Gasteiger partial charge in [-0.15, -0.1) is 0 Å². The first-order valence-electron chi connectivity index (χ1n) is 9.58. The first-order chi connectivity index (χ1) is 13.2. The molecule has 1 atom stereocenters. The van der Waals surface area contributed by atoms with Gasteiger partial charge in [-0.2, -0.15) is 0 Å². The SMILES string of the molecule is CCCN1C(=O)NC(c2ccc(NC(C)=O)cc2)C(C(=O)OCC(C)C)=C1C. The molecule has 3 amide bonds. The number of allylic oxidation sites excluding steroid dienone is 1. The Kier molecular flexibility index (Phi) is 7.20. The topological polar surface area (TPSA) is 87.7 Å². The number of ether oxygens (including phenoxy) is 1. The molecule has 0 bridgehead atoms. The Morgan fingerprint density at radius 3 is 2.43 bits per heavy atom. The van der Waals surface area contributed by atoms with Crippen LogP contribution in [0.1, 0.15) is 52.6 Å². The number of esters is 1. The number of carbonyl (C=O) groups is 3. The first kappa shape index (κ1) is 21.5. The van der Waals surface area contributed by atoms with Crippen LogP contribution in [0.15, 0.2) is 35.5 Å². The van der Waals surface area contributed by atoms with E-state index >= 15 is 0 Å². The van der Waals surface area contributed by atoms with E-state index in [2.05, 4.69) is 10.6 Å². The van der Waals surface area contributed by atoms with Crippen LogP contribution in [0.4, 0.5) is 10.5 Å². The summed E-state index contributed by atoms with van der Waals surface area (Å²) in [4.78, 5) is 38.2. The largest absolute Gasteiger partial charge is 0.462 e. The van der Waals surface area contributed by atoms with E-state index in [9.17, 15) is 14.4 Å². The second-order valence-electron chi connectivity index (χ2n) is 7.33. The number of benzene rings is 1. The molecule has 0 saturated carbocycles. The van der Waals surface area contributed by atoms with Gasteiger partial charge in [0.2, 0.25) is 5.91 Å². The van der Waals surface area contributed by atoms with E-state index in [0.717, 1.165) is 12.0 Å². The molecule has 1 unspecified atom stereocenters. The normalized spacial score (nSPS) is 16.9. The molecule has 1 aliphatic rings. The van der Waals surface area contributed by atoms with Gasteiger partial charge >= 0.3 is 12.0 Å². The fraction of sp³-hybridized carbons (Fsp3) is 0.476. The fourth-order valence-corrected chi connectivity index (χ4v) is 3.07. The predicted molar refractivity (Wildman–Crippen MR) is 108 cm³/mol. The fourth-order valence-electron chi connectivity index (χ4n) is 3.07. The van der Waals surface area contributed by atoms with E-state index in [0.29, 0.717) is 30.1 Å². The van der Waals surface area contributed by atoms with E-state index < -0.39 is 12.0 Å². The third kappa shape index (κ3) is 5.12. The maximum Gasteiger partial charge on any atom is 0.338 e. The van der Waals surface area contributed by atoms with Crippen molar-refractivity contribution in [1.29, 1.82) is 0 Å². The highest BCUT2D eigenvalue weighted by Gasteiger charge is 2.36. The second-order valence-corrected chi connectivity index (χ2v) is 7.33. The molecule has 0 fully saturated rings. The van der Waals surface area contributed by atoms with Gasteiger partial charge in [0.15, 0.2) is 0 Å². The predicted octanol–water partition coefficient (Wildman–Crippen LogP) is 3.59. The lowest BCUT2D eigenvalue weighted by molar-refractivity contribution is -0.140. The Labute approximate surface area is 166 Å². The van der Waals surface area contributed by atoms with Gasteiger partial charge in [-0.25, -0.2) is 9.59 Å². The van der Waals surface area contributed by atoms with Crippen molar-refractivity contribution in [3.63, 3.8) is 0 Å². The van der Waals surface area contributed by atoms with Gasteiger partial charge < -0.3 is 15.4 Å². The molecule has 152 valence electrons. The monoisotopic (exact) mass is 387 g/mol. The second kappa shape index (κ2) is 9.39. The molecule has 28 heavy (non-hydrogen) atoms. The average Bonchev–Trinajstić information content (AvgIpc) is 2.63. The molecule has 1 aromatic rings. The van der Waals surface area contributed by atoms with Crippen molar-refractivity contribution in [2.45, 2.75) is 47.1 Å². The quantitative estimate of drug-likeness (QED) is 0.700. The zero-order chi connectivity index (χ0) is 20.8. The maximum atomic E-state index is 12.9. The molecule has 0 aromatic heterocycles. The smallest absolute Gasteiger partial charge is 0.338 e. The van der Waals surface area contributed by atoms with E-state index in [-0.39, 0.29) is 17.9 Å². The minimum absolute atomic E-state index is 0.164. The van der Waals surface area contributed by atoms with Gasteiger partial charge in [-0.3, -0.25) is 9.69 Å². The lowest BCUT2D eigenvalue weighted by Gasteiger charge is -2.35. The number of rotatable bonds is 7. The van der Waals surface area contributed by atoms with Gasteiger partial charge in [-0.05, 0) is 37.0 Å². The summed E-state index contributed by atoms with van der Waals surface area (Å²) in [7, 11) is 0. The molecule has 0 saturated heterocycles. The minimum atomic E-state index is -0.605. The van der Waals surface area contributed by atoms with E-state index in [1.807, 2.05) is 20.8 Å². The Bertz CT molecular complexity index is 768. The lowest BCUT2D eigenvalue weighted by atomic mass is 9.94. The summed E-state index contributed by atoms with van der Waals surface area (Å²) in [6, 6.07) is 6.22. The van der Waals surface area contributed by atoms with Crippen molar-refractivity contribution in [3.8, 4) is 0 Å². The molecule has 1 aliphatic heterocycles. The third-order valence-electron chi connectivity index (χ3n) is 4.38. The molecule has 0 spiro atoms. The Balaban J connectivity index is 2.40. The number of hydrogen-bond donors (Lipinski definition) is 2. The van der Waals surface area contributed by atoms with Crippen molar-refractivity contribution < 1.29 is 19.1 Å². The van der Waals surface area contributed by atoms with E-state index in [1.165, 1.54) is 6.92 Å². The average molecular weight is 387 g/mol. The number of urea groups is 1. The number of nitrogens with zero attached hydrogens (tertiary/aromatic N) is 1. The van der Waals surface area contributed by atoms with Crippen LogP contribution in [0.5, 0.6) is 0 Å². The molecule has 1 aromatic carbocycles. The molecule has 0 radical (unpaired) electrons. The highest BCUT2D eigenvalue weighted by Crippen LogP contribution is 2.32. The number of anilines is 1. The number of carbonyl (C=O) groups excluding carboxylic acids is 3. The molecule has 1 heterocycles. The summed E-state index contributed by atoms with van der Waals surface area (Å²) in [5.74, 6) is -0.379. The summed E-state index contributed by atoms with van der Waals surface area (Å²) in [5, 5.41) is 5.62. The van der Waals surface area contributed by atoms with Gasteiger partial charge in [0, 0.05) is 24.9 Å². The van der Waals surface area contributed by atoms with Crippen LogP contribution >= 0.6 is 0 Å². The van der Waals surface area contributed by atoms with Crippen LogP contribution in [-0.2, 0) is 14.3 Å². The van der Waals surface area contributed by atoms with Crippen LogP contribution in [0, 0.1) is 5.92 Å². The number of nitrogens with one attached hydrogen (secondary N) is 2. The number of hydrogen-bond acceptors (Lipinski definition) is 4. The number of amides is 3. The van der Waals surface area contributed by atoms with Gasteiger partial charge in [0.25, 0.3) is 0 Å². The van der Waals surface area contributed by atoms with Crippen molar-refractivity contribution >= 4 is 23.6 Å². The summed E-state index contributed by atoms with van der Waals surface area (Å²) in [5.41, 5.74) is 2.43. The summed E-state index contributed by atoms with van der Waals surface area (Å²) in [6.07, 6.45) is 0.773. The van der Waals surface area contributed by atoms with E-state index in [1.54, 1.807) is 36.1 Å². The zero-order valence-corrected chi connectivity index (χ0v) is 17.2. The highest BCUT2D eigenvalue weighted by molar-refractivity contribution is 5.95. The molecular weight excluding hydrogens is 358 g/mol. The summed E-state index contributed by atoms with van der Waals surface area (Å²) < 4.78 is 5.47. The summed E-state index contributed by atoms with van der Waals surface area (Å²) >= 11 is 0. The zero-order valence-electron chi connectivity index (χ0n) is 17.2. The Morgan fingerprint density at radius 1 is 1.25 bits per heavy atom. The van der Waals surface area contributed by atoms with Gasteiger partial charge in [-0.1, -0.05) is 32.9 Å². The minimum Gasteiger partial charge on any atom is -0.462 e. The summed E-state index contributed by atoms with van der Waals surface area (Å²) in [6.45, 7) is 9.96. The molecule has 7 heteroatoms. The standard InChI is InChI=1S/C21H29N3O4/c1-6-11-24-14(4)18(20(26)28-12-13(2)3)19(23-21(24)27)16-7-9-17(10-8-16)22-15(5)25/h7-10,13,19H,6,11-12H2,1-5H3,(H,22,25)(H,23,27). The van der Waals surface area contributed by atoms with E-state index in [4.69, 9.17) is 4.74 Å². The molecule has 2 rings (SSSR count). The van der Waals surface area contributed by atoms with Gasteiger partial charge in [0.05, 0.1) is 18.2 Å². The molecular formula is C21H29N3O4. The maximum absolute atomic E-state index is 12.9. The van der Waals surface area contributed by atoms with Crippen molar-refractivity contribution in [2.75, 3.05) is 18.5 Å². The third-order valence-corrected chi connectivity index (χ3v) is 4.38. The van der Waals surface area contributed by atoms with Crippen molar-refractivity contribution in [3.05, 3.63) is 41.1 Å². The van der Waals surface area contributed by atoms with Crippen LogP contribution in [0.2, 0.25) is 0 Å². The van der Waals surface area contributed by atoms with Crippen molar-refractivity contribution in [1.82, 2.24) is 10.2 Å². The molecule has 7 nitrogen and oxygen atoms in total. The van der Waals surface area contributed by atoms with Crippen LogP contribution in [0.3, 0.4) is 0 Å². The highest BCUT2D eigenvalue weighted by atomic mass is 16.5. The molecule has 0 aliphatic carbocycles. The Hall–Kier alpha value is -2.83. The first-order valence-corrected chi connectivity index (χ1v) is 9.58. The Morgan fingerprint density at radius 2 is 1.89 bits per heavy atom. The van der Waals surface area contributed by atoms with Crippen LogP contribution < -0.4 is 10.6 Å². The lowest BCUT2D eigenvalue weighted by Crippen LogP contribution is -2.48.